The number of aryl methyl sites for hydroxylation is 3. The van der Waals surface area contributed by atoms with Gasteiger partial charge in [-0.3, -0.25) is 4.79 Å². The lowest BCUT2D eigenvalue weighted by Gasteiger charge is -2.10. The maximum atomic E-state index is 12.1. The lowest BCUT2D eigenvalue weighted by Crippen LogP contribution is -2.28. The highest BCUT2D eigenvalue weighted by atomic mass is 16.1. The Morgan fingerprint density at radius 1 is 1.20 bits per heavy atom. The van der Waals surface area contributed by atoms with E-state index >= 15 is 0 Å². The molecule has 106 valence electrons. The third-order valence-corrected chi connectivity index (χ3v) is 3.51. The van der Waals surface area contributed by atoms with Gasteiger partial charge in [0.2, 0.25) is 0 Å². The van der Waals surface area contributed by atoms with Crippen LogP contribution in [0.1, 0.15) is 30.0 Å². The second-order valence-corrected chi connectivity index (χ2v) is 5.09. The molecule has 1 aromatic heterocycles. The maximum Gasteiger partial charge on any atom is 0.271 e. The number of aromatic nitrogens is 2. The van der Waals surface area contributed by atoms with Gasteiger partial charge in [-0.05, 0) is 43.5 Å². The number of hydrogen-bond acceptors (Lipinski definition) is 3. The van der Waals surface area contributed by atoms with Gasteiger partial charge in [-0.25, -0.2) is 4.68 Å². The first-order valence-electron chi connectivity index (χ1n) is 6.95. The molecule has 1 aromatic carbocycles. The smallest absolute Gasteiger partial charge is 0.271 e. The molecule has 0 bridgehead atoms. The van der Waals surface area contributed by atoms with E-state index in [1.54, 1.807) is 6.07 Å². The van der Waals surface area contributed by atoms with Crippen molar-refractivity contribution in [3.8, 4) is 11.3 Å². The van der Waals surface area contributed by atoms with Crippen molar-refractivity contribution in [2.45, 2.75) is 40.3 Å². The minimum Gasteiger partial charge on any atom is -0.326 e. The fraction of sp³-hybridized carbons (Fsp3) is 0.375. The molecule has 0 aliphatic rings. The van der Waals surface area contributed by atoms with Crippen LogP contribution in [0.25, 0.3) is 11.3 Å². The van der Waals surface area contributed by atoms with Crippen LogP contribution in [0.4, 0.5) is 0 Å². The molecule has 0 amide bonds. The van der Waals surface area contributed by atoms with Crippen molar-refractivity contribution in [2.75, 3.05) is 0 Å². The second-order valence-electron chi connectivity index (χ2n) is 5.09. The van der Waals surface area contributed by atoms with E-state index in [0.29, 0.717) is 12.1 Å². The number of nitrogens with zero attached hydrogens (tertiary/aromatic N) is 2. The molecule has 0 saturated carbocycles. The molecule has 0 spiro atoms. The van der Waals surface area contributed by atoms with Crippen LogP contribution in [0.3, 0.4) is 0 Å². The summed E-state index contributed by atoms with van der Waals surface area (Å²) in [6.45, 7) is 7.03. The van der Waals surface area contributed by atoms with E-state index in [0.717, 1.165) is 17.7 Å². The van der Waals surface area contributed by atoms with E-state index < -0.39 is 0 Å². The van der Waals surface area contributed by atoms with Gasteiger partial charge in [0.1, 0.15) is 0 Å². The molecule has 0 aliphatic carbocycles. The van der Waals surface area contributed by atoms with Crippen LogP contribution in [-0.2, 0) is 13.1 Å². The molecule has 4 heteroatoms. The Hall–Kier alpha value is -1.94. The molecule has 4 nitrogen and oxygen atoms in total. The minimum absolute atomic E-state index is 0.0815. The first-order valence-corrected chi connectivity index (χ1v) is 6.95. The predicted molar refractivity (Wildman–Crippen MR) is 81.6 cm³/mol. The topological polar surface area (TPSA) is 60.9 Å². The van der Waals surface area contributed by atoms with Crippen LogP contribution in [0.5, 0.6) is 0 Å². The zero-order chi connectivity index (χ0) is 14.7. The highest BCUT2D eigenvalue weighted by Gasteiger charge is 2.09. The van der Waals surface area contributed by atoms with Gasteiger partial charge >= 0.3 is 0 Å². The summed E-state index contributed by atoms with van der Waals surface area (Å²) in [6, 6.07) is 8.01. The summed E-state index contributed by atoms with van der Waals surface area (Å²) < 4.78 is 1.52. The lowest BCUT2D eigenvalue weighted by atomic mass is 10.0. The highest BCUT2D eigenvalue weighted by Crippen LogP contribution is 2.20. The van der Waals surface area contributed by atoms with E-state index in [9.17, 15) is 4.79 Å². The predicted octanol–water partition coefficient (Wildman–Crippen LogP) is 2.40. The fourth-order valence-electron chi connectivity index (χ4n) is 2.15. The molecule has 0 fully saturated rings. The molecular formula is C16H21N3O. The number of hydrogen-bond donors (Lipinski definition) is 1. The Morgan fingerprint density at radius 3 is 2.55 bits per heavy atom. The van der Waals surface area contributed by atoms with Crippen LogP contribution in [0, 0.1) is 13.8 Å². The van der Waals surface area contributed by atoms with Gasteiger partial charge in [0.15, 0.2) is 0 Å². The first kappa shape index (κ1) is 14.5. The van der Waals surface area contributed by atoms with Gasteiger partial charge in [0, 0.05) is 24.2 Å². The van der Waals surface area contributed by atoms with Crippen LogP contribution < -0.4 is 11.3 Å². The van der Waals surface area contributed by atoms with Crippen LogP contribution >= 0.6 is 0 Å². The highest BCUT2D eigenvalue weighted by molar-refractivity contribution is 5.61. The van der Waals surface area contributed by atoms with Crippen molar-refractivity contribution in [3.05, 3.63) is 51.3 Å². The molecule has 0 saturated heterocycles. The molecular weight excluding hydrogens is 250 g/mol. The second kappa shape index (κ2) is 6.01. The van der Waals surface area contributed by atoms with Crippen LogP contribution in [0.15, 0.2) is 29.1 Å². The van der Waals surface area contributed by atoms with Gasteiger partial charge in [0.05, 0.1) is 5.69 Å². The molecule has 0 unspecified atom stereocenters. The molecule has 20 heavy (non-hydrogen) atoms. The van der Waals surface area contributed by atoms with E-state index in [4.69, 9.17) is 5.73 Å². The van der Waals surface area contributed by atoms with Gasteiger partial charge in [-0.15, -0.1) is 0 Å². The average molecular weight is 271 g/mol. The summed E-state index contributed by atoms with van der Waals surface area (Å²) in [5, 5.41) is 4.46. The zero-order valence-electron chi connectivity index (χ0n) is 12.3. The van der Waals surface area contributed by atoms with Crippen molar-refractivity contribution >= 4 is 0 Å². The molecule has 2 rings (SSSR count). The van der Waals surface area contributed by atoms with Gasteiger partial charge in [0.25, 0.3) is 5.56 Å². The Kier molecular flexibility index (Phi) is 4.35. The lowest BCUT2D eigenvalue weighted by molar-refractivity contribution is 0.564. The Labute approximate surface area is 119 Å². The van der Waals surface area contributed by atoms with E-state index in [1.807, 2.05) is 13.0 Å². The van der Waals surface area contributed by atoms with Crippen LogP contribution in [0.2, 0.25) is 0 Å². The number of rotatable bonds is 4. The van der Waals surface area contributed by atoms with E-state index in [-0.39, 0.29) is 12.1 Å². The summed E-state index contributed by atoms with van der Waals surface area (Å²) in [4.78, 5) is 12.1. The number of nitrogens with two attached hydrogens (primary N) is 1. The zero-order valence-corrected chi connectivity index (χ0v) is 12.3. The van der Waals surface area contributed by atoms with Crippen molar-refractivity contribution in [3.63, 3.8) is 0 Å². The third-order valence-electron chi connectivity index (χ3n) is 3.51. The average Bonchev–Trinajstić information content (AvgIpc) is 2.44. The molecule has 0 atom stereocenters. The fourth-order valence-corrected chi connectivity index (χ4v) is 2.15. The Balaban J connectivity index is 2.58. The van der Waals surface area contributed by atoms with E-state index in [2.05, 4.69) is 31.1 Å². The SMILES string of the molecule is CCCn1nc(-c2ccc(C)c(C)c2)cc(CN)c1=O. The third kappa shape index (κ3) is 2.80. The van der Waals surface area contributed by atoms with Crippen molar-refractivity contribution in [1.82, 2.24) is 9.78 Å². The summed E-state index contributed by atoms with van der Waals surface area (Å²) in [7, 11) is 0. The van der Waals surface area contributed by atoms with Crippen molar-refractivity contribution in [1.29, 1.82) is 0 Å². The standard InChI is InChI=1S/C16H21N3O/c1-4-7-19-16(20)14(10-17)9-15(18-19)13-6-5-11(2)12(3)8-13/h5-6,8-9H,4,7,10,17H2,1-3H3. The van der Waals surface area contributed by atoms with E-state index in [1.165, 1.54) is 15.8 Å². The number of benzene rings is 1. The van der Waals surface area contributed by atoms with Gasteiger partial charge < -0.3 is 5.73 Å². The summed E-state index contributed by atoms with van der Waals surface area (Å²) in [5.41, 5.74) is 10.5. The minimum atomic E-state index is -0.0815. The van der Waals surface area contributed by atoms with Crippen LogP contribution in [-0.4, -0.2) is 9.78 Å². The largest absolute Gasteiger partial charge is 0.326 e. The molecule has 2 aromatic rings. The molecule has 2 N–H and O–H groups in total. The quantitative estimate of drug-likeness (QED) is 0.928. The first-order chi connectivity index (χ1) is 9.56. The molecule has 0 aliphatic heterocycles. The summed E-state index contributed by atoms with van der Waals surface area (Å²) in [6.07, 6.45) is 0.868. The molecule has 0 radical (unpaired) electrons. The summed E-state index contributed by atoms with van der Waals surface area (Å²) >= 11 is 0. The monoisotopic (exact) mass is 271 g/mol. The Morgan fingerprint density at radius 2 is 1.95 bits per heavy atom. The van der Waals surface area contributed by atoms with Gasteiger partial charge in [-0.1, -0.05) is 19.1 Å². The molecule has 1 heterocycles. The Bertz CT molecular complexity index is 674. The van der Waals surface area contributed by atoms with Crippen molar-refractivity contribution in [2.24, 2.45) is 5.73 Å². The summed E-state index contributed by atoms with van der Waals surface area (Å²) in [5.74, 6) is 0. The maximum absolute atomic E-state index is 12.1. The van der Waals surface area contributed by atoms with Crippen molar-refractivity contribution < 1.29 is 0 Å². The normalized spacial score (nSPS) is 10.8. The van der Waals surface area contributed by atoms with Gasteiger partial charge in [-0.2, -0.15) is 5.10 Å².